The number of rotatable bonds is 1. The summed E-state index contributed by atoms with van der Waals surface area (Å²) in [6.07, 6.45) is 0.927. The molecule has 1 aromatic carbocycles. The first-order valence-corrected chi connectivity index (χ1v) is 4.44. The van der Waals surface area contributed by atoms with Crippen LogP contribution < -0.4 is 0 Å². The largest absolute Gasteiger partial charge is 0.464 e. The van der Waals surface area contributed by atoms with Gasteiger partial charge < -0.3 is 5.11 Å². The van der Waals surface area contributed by atoms with Crippen molar-refractivity contribution in [2.24, 2.45) is 0 Å². The van der Waals surface area contributed by atoms with Crippen LogP contribution in [-0.2, 0) is 0 Å². The van der Waals surface area contributed by atoms with Crippen LogP contribution >= 0.6 is 0 Å². The Labute approximate surface area is 85.7 Å². The molecule has 0 fully saturated rings. The van der Waals surface area contributed by atoms with Crippen LogP contribution in [0.15, 0.2) is 24.4 Å². The maximum atomic E-state index is 10.9. The minimum atomic E-state index is -1.08. The zero-order valence-electron chi connectivity index (χ0n) is 8.10. The lowest BCUT2D eigenvalue weighted by atomic mass is 10.1. The third-order valence-corrected chi connectivity index (χ3v) is 2.39. The van der Waals surface area contributed by atoms with E-state index in [1.165, 1.54) is 6.20 Å². The third kappa shape index (κ3) is 1.30. The first-order chi connectivity index (χ1) is 7.15. The summed E-state index contributed by atoms with van der Waals surface area (Å²) in [5, 5.41) is 9.64. The lowest BCUT2D eigenvalue weighted by Gasteiger charge is -2.00. The summed E-state index contributed by atoms with van der Waals surface area (Å²) < 4.78 is 1.08. The van der Waals surface area contributed by atoms with E-state index in [4.69, 9.17) is 5.11 Å². The molecule has 15 heavy (non-hydrogen) atoms. The molecule has 0 bridgehead atoms. The van der Waals surface area contributed by atoms with Crippen molar-refractivity contribution in [2.45, 2.75) is 6.92 Å². The normalized spacial score (nSPS) is 10.5. The smallest absolute Gasteiger partial charge is 0.416 e. The minimum Gasteiger partial charge on any atom is -0.464 e. The molecule has 1 heterocycles. The predicted octanol–water partition coefficient (Wildman–Crippen LogP) is 2.29. The standard InChI is InChI=1S/C11H9NO3/c1-7-3-2-4-9-8(6-13)5-12(10(7)9)11(14)15/h2-6H,1H3,(H,14,15). The lowest BCUT2D eigenvalue weighted by Crippen LogP contribution is -2.06. The van der Waals surface area contributed by atoms with E-state index in [1.54, 1.807) is 12.1 Å². The number of carboxylic acid groups (broad SMARTS) is 1. The first kappa shape index (κ1) is 9.45. The Morgan fingerprint density at radius 1 is 1.47 bits per heavy atom. The van der Waals surface area contributed by atoms with Gasteiger partial charge in [0.15, 0.2) is 6.29 Å². The molecule has 0 aliphatic heterocycles. The van der Waals surface area contributed by atoms with Crippen molar-refractivity contribution in [3.05, 3.63) is 35.5 Å². The van der Waals surface area contributed by atoms with Gasteiger partial charge in [0.1, 0.15) is 0 Å². The number of hydrogen-bond donors (Lipinski definition) is 1. The molecule has 4 heteroatoms. The van der Waals surface area contributed by atoms with Crippen molar-refractivity contribution in [2.75, 3.05) is 0 Å². The van der Waals surface area contributed by atoms with Gasteiger partial charge in [0.05, 0.1) is 5.52 Å². The molecule has 0 atom stereocenters. The van der Waals surface area contributed by atoms with Gasteiger partial charge in [-0.2, -0.15) is 0 Å². The van der Waals surface area contributed by atoms with Crippen molar-refractivity contribution < 1.29 is 14.7 Å². The highest BCUT2D eigenvalue weighted by Crippen LogP contribution is 2.23. The molecule has 0 aliphatic carbocycles. The van der Waals surface area contributed by atoms with Crippen molar-refractivity contribution in [3.8, 4) is 0 Å². The Kier molecular flexibility index (Phi) is 2.04. The Balaban J connectivity index is 2.94. The Morgan fingerprint density at radius 3 is 2.80 bits per heavy atom. The average molecular weight is 203 g/mol. The van der Waals surface area contributed by atoms with Crippen LogP contribution in [0.1, 0.15) is 15.9 Å². The number of aromatic nitrogens is 1. The number of aldehydes is 1. The maximum Gasteiger partial charge on any atom is 0.416 e. The minimum absolute atomic E-state index is 0.399. The van der Waals surface area contributed by atoms with Crippen molar-refractivity contribution in [1.82, 2.24) is 4.57 Å². The van der Waals surface area contributed by atoms with E-state index >= 15 is 0 Å². The summed E-state index contributed by atoms with van der Waals surface area (Å²) in [6.45, 7) is 1.82. The van der Waals surface area contributed by atoms with Gasteiger partial charge in [0.2, 0.25) is 0 Å². The maximum absolute atomic E-state index is 10.9. The monoisotopic (exact) mass is 203 g/mol. The van der Waals surface area contributed by atoms with E-state index in [-0.39, 0.29) is 0 Å². The van der Waals surface area contributed by atoms with Gasteiger partial charge in [-0.3, -0.25) is 9.36 Å². The van der Waals surface area contributed by atoms with E-state index in [0.29, 0.717) is 22.8 Å². The van der Waals surface area contributed by atoms with Gasteiger partial charge in [-0.05, 0) is 12.5 Å². The molecule has 0 radical (unpaired) electrons. The summed E-state index contributed by atoms with van der Waals surface area (Å²) in [5.74, 6) is 0. The lowest BCUT2D eigenvalue weighted by molar-refractivity contribution is 0.112. The fourth-order valence-corrected chi connectivity index (χ4v) is 1.73. The Bertz CT molecular complexity index is 554. The number of benzene rings is 1. The Hall–Kier alpha value is -2.10. The highest BCUT2D eigenvalue weighted by molar-refractivity contribution is 6.02. The molecule has 0 saturated heterocycles. The first-order valence-electron chi connectivity index (χ1n) is 4.44. The molecule has 76 valence electrons. The number of carbonyl (C=O) groups excluding carboxylic acids is 1. The van der Waals surface area contributed by atoms with Crippen molar-refractivity contribution >= 4 is 23.3 Å². The highest BCUT2D eigenvalue weighted by Gasteiger charge is 2.13. The summed E-state index contributed by atoms with van der Waals surface area (Å²) in [6, 6.07) is 5.36. The SMILES string of the molecule is Cc1cccc2c(C=O)cn(C(=O)O)c12. The molecular formula is C11H9NO3. The van der Waals surface area contributed by atoms with E-state index < -0.39 is 6.09 Å². The van der Waals surface area contributed by atoms with Crippen LogP contribution in [0.4, 0.5) is 4.79 Å². The van der Waals surface area contributed by atoms with Crippen molar-refractivity contribution in [3.63, 3.8) is 0 Å². The molecule has 0 unspecified atom stereocenters. The molecule has 1 N–H and O–H groups in total. The number of carbonyl (C=O) groups is 2. The van der Waals surface area contributed by atoms with Crippen LogP contribution in [-0.4, -0.2) is 22.1 Å². The second-order valence-corrected chi connectivity index (χ2v) is 3.33. The summed E-state index contributed by atoms with van der Waals surface area (Å²) >= 11 is 0. The third-order valence-electron chi connectivity index (χ3n) is 2.39. The zero-order valence-corrected chi connectivity index (χ0v) is 8.10. The number of fused-ring (bicyclic) bond motifs is 1. The van der Waals surface area contributed by atoms with E-state index in [0.717, 1.165) is 10.1 Å². The second kappa shape index (κ2) is 3.24. The van der Waals surface area contributed by atoms with Gasteiger partial charge in [0.25, 0.3) is 0 Å². The molecule has 0 amide bonds. The molecule has 2 rings (SSSR count). The highest BCUT2D eigenvalue weighted by atomic mass is 16.4. The molecule has 1 aromatic heterocycles. The number of hydrogen-bond acceptors (Lipinski definition) is 2. The molecule has 0 spiro atoms. The van der Waals surface area contributed by atoms with Crippen LogP contribution in [0, 0.1) is 6.92 Å². The van der Waals surface area contributed by atoms with Crippen LogP contribution in [0.2, 0.25) is 0 Å². The van der Waals surface area contributed by atoms with Crippen LogP contribution in [0.25, 0.3) is 10.9 Å². The number of para-hydroxylation sites is 1. The van der Waals surface area contributed by atoms with Gasteiger partial charge in [-0.15, -0.1) is 0 Å². The zero-order chi connectivity index (χ0) is 11.0. The number of aryl methyl sites for hydroxylation is 1. The second-order valence-electron chi connectivity index (χ2n) is 3.33. The van der Waals surface area contributed by atoms with Gasteiger partial charge in [-0.25, -0.2) is 4.79 Å². The summed E-state index contributed by atoms with van der Waals surface area (Å²) in [4.78, 5) is 21.7. The average Bonchev–Trinajstić information content (AvgIpc) is 2.58. The van der Waals surface area contributed by atoms with E-state index in [1.807, 2.05) is 13.0 Å². The van der Waals surface area contributed by atoms with Gasteiger partial charge in [0, 0.05) is 17.1 Å². The Morgan fingerprint density at radius 2 is 2.20 bits per heavy atom. The van der Waals surface area contributed by atoms with Crippen LogP contribution in [0.5, 0.6) is 0 Å². The van der Waals surface area contributed by atoms with Gasteiger partial charge >= 0.3 is 6.09 Å². The van der Waals surface area contributed by atoms with Crippen molar-refractivity contribution in [1.29, 1.82) is 0 Å². The van der Waals surface area contributed by atoms with E-state index in [2.05, 4.69) is 0 Å². The quantitative estimate of drug-likeness (QED) is 0.723. The predicted molar refractivity (Wildman–Crippen MR) is 55.5 cm³/mol. The molecule has 2 aromatic rings. The van der Waals surface area contributed by atoms with E-state index in [9.17, 15) is 9.59 Å². The summed E-state index contributed by atoms with van der Waals surface area (Å²) in [7, 11) is 0. The molecule has 0 saturated carbocycles. The van der Waals surface area contributed by atoms with Crippen LogP contribution in [0.3, 0.4) is 0 Å². The fourth-order valence-electron chi connectivity index (χ4n) is 1.73. The molecular weight excluding hydrogens is 194 g/mol. The fraction of sp³-hybridized carbons (Fsp3) is 0.0909. The molecule has 0 aliphatic rings. The number of nitrogens with zero attached hydrogens (tertiary/aromatic N) is 1. The molecule has 4 nitrogen and oxygen atoms in total. The van der Waals surface area contributed by atoms with Gasteiger partial charge in [-0.1, -0.05) is 18.2 Å². The topological polar surface area (TPSA) is 59.3 Å². The summed E-state index contributed by atoms with van der Waals surface area (Å²) in [5.41, 5.74) is 1.81.